The molecule has 2 heterocycles. The lowest BCUT2D eigenvalue weighted by Gasteiger charge is -2.20. The number of rotatable bonds is 10. The van der Waals surface area contributed by atoms with Crippen LogP contribution in [0.5, 0.6) is 5.75 Å². The van der Waals surface area contributed by atoms with Gasteiger partial charge < -0.3 is 25.9 Å². The van der Waals surface area contributed by atoms with E-state index in [2.05, 4.69) is 27.2 Å². The zero-order valence-electron chi connectivity index (χ0n) is 16.2. The second kappa shape index (κ2) is 9.91. The van der Waals surface area contributed by atoms with E-state index in [4.69, 9.17) is 10.5 Å². The third-order valence-corrected chi connectivity index (χ3v) is 4.48. The lowest BCUT2D eigenvalue weighted by atomic mass is 10.1. The molecule has 0 saturated carbocycles. The molecular weight excluding hydrogens is 346 g/mol. The number of nitrogen functional groups attached to an aromatic ring is 1. The van der Waals surface area contributed by atoms with Crippen LogP contribution < -0.4 is 21.2 Å². The van der Waals surface area contributed by atoms with E-state index < -0.39 is 0 Å². The van der Waals surface area contributed by atoms with Crippen LogP contribution in [-0.2, 0) is 6.61 Å². The molecule has 0 aliphatic rings. The van der Waals surface area contributed by atoms with E-state index in [1.165, 1.54) is 6.20 Å². The van der Waals surface area contributed by atoms with Crippen LogP contribution in [0.15, 0.2) is 17.2 Å². The second-order valence-corrected chi connectivity index (χ2v) is 6.63. The van der Waals surface area contributed by atoms with Crippen molar-refractivity contribution in [2.75, 3.05) is 17.7 Å². The first-order valence-corrected chi connectivity index (χ1v) is 9.26. The number of nitrogens with one attached hydrogen (secondary N) is 2. The largest absolute Gasteiger partial charge is 0.482 e. The van der Waals surface area contributed by atoms with E-state index in [1.807, 2.05) is 0 Å². The van der Waals surface area contributed by atoms with Crippen molar-refractivity contribution in [3.63, 3.8) is 0 Å². The number of H-pyrrole nitrogens is 1. The minimum absolute atomic E-state index is 0.00169. The summed E-state index contributed by atoms with van der Waals surface area (Å²) in [6, 6.07) is 0.0625. The van der Waals surface area contributed by atoms with Gasteiger partial charge in [-0.3, -0.25) is 4.79 Å². The smallest absolute Gasteiger partial charge is 0.222 e. The molecule has 0 aliphatic carbocycles. The molecule has 27 heavy (non-hydrogen) atoms. The van der Waals surface area contributed by atoms with Gasteiger partial charge in [-0.05, 0) is 26.7 Å². The highest BCUT2D eigenvalue weighted by Gasteiger charge is 2.15. The molecule has 0 fully saturated rings. The number of hydrogen-bond acceptors (Lipinski definition) is 7. The fourth-order valence-corrected chi connectivity index (χ4v) is 2.78. The fourth-order valence-electron chi connectivity index (χ4n) is 2.78. The first-order chi connectivity index (χ1) is 13.0. The Hall–Kier alpha value is -2.61. The van der Waals surface area contributed by atoms with Gasteiger partial charge in [-0.1, -0.05) is 19.8 Å². The molecule has 8 heteroatoms. The number of aliphatic hydroxyl groups is 1. The number of ether oxygens (including phenoxy) is 1. The zero-order valence-corrected chi connectivity index (χ0v) is 16.2. The summed E-state index contributed by atoms with van der Waals surface area (Å²) >= 11 is 0. The standard InChI is InChI=1S/C19H29N5O3/c1-4-5-6-14(7-8-25)23-18-16(10-22-19(20)24-18)27-11-15-13(3)17(26)12(2)9-21-15/h9-10,14,25H,4-8,11H2,1-3H3,(H,21,26)(H3,20,22,23,24)/t14-/m0/s1. The Kier molecular flexibility index (Phi) is 7.60. The van der Waals surface area contributed by atoms with E-state index in [-0.39, 0.29) is 30.6 Å². The predicted octanol–water partition coefficient (Wildman–Crippen LogP) is 2.30. The highest BCUT2D eigenvalue weighted by atomic mass is 16.5. The minimum atomic E-state index is 0.00169. The average molecular weight is 375 g/mol. The minimum Gasteiger partial charge on any atom is -0.482 e. The summed E-state index contributed by atoms with van der Waals surface area (Å²) in [4.78, 5) is 23.4. The molecule has 1 atom stereocenters. The Morgan fingerprint density at radius 2 is 2.15 bits per heavy atom. The number of nitrogens with zero attached hydrogens (tertiary/aromatic N) is 2. The first-order valence-electron chi connectivity index (χ1n) is 9.26. The van der Waals surface area contributed by atoms with Crippen molar-refractivity contribution in [3.05, 3.63) is 39.4 Å². The number of aryl methyl sites for hydroxylation is 1. The number of aliphatic hydroxyl groups excluding tert-OH is 1. The van der Waals surface area contributed by atoms with Crippen LogP contribution in [0.25, 0.3) is 0 Å². The third-order valence-electron chi connectivity index (χ3n) is 4.48. The molecule has 0 unspecified atom stereocenters. The fraction of sp³-hybridized carbons (Fsp3) is 0.526. The Bertz CT molecular complexity index is 806. The van der Waals surface area contributed by atoms with Crippen molar-refractivity contribution in [2.24, 2.45) is 0 Å². The van der Waals surface area contributed by atoms with Gasteiger partial charge in [0.15, 0.2) is 17.0 Å². The topological polar surface area (TPSA) is 126 Å². The summed E-state index contributed by atoms with van der Waals surface area (Å²) < 4.78 is 5.86. The summed E-state index contributed by atoms with van der Waals surface area (Å²) in [5.41, 5.74) is 7.72. The van der Waals surface area contributed by atoms with Crippen molar-refractivity contribution in [1.29, 1.82) is 0 Å². The van der Waals surface area contributed by atoms with Crippen molar-refractivity contribution >= 4 is 11.8 Å². The summed E-state index contributed by atoms with van der Waals surface area (Å²) in [6.45, 7) is 5.93. The van der Waals surface area contributed by atoms with Crippen molar-refractivity contribution in [2.45, 2.75) is 59.1 Å². The highest BCUT2D eigenvalue weighted by Crippen LogP contribution is 2.25. The van der Waals surface area contributed by atoms with E-state index in [0.717, 1.165) is 19.3 Å². The van der Waals surface area contributed by atoms with Crippen LogP contribution in [-0.4, -0.2) is 32.7 Å². The zero-order chi connectivity index (χ0) is 19.8. The van der Waals surface area contributed by atoms with Crippen LogP contribution in [0.2, 0.25) is 0 Å². The predicted molar refractivity (Wildman–Crippen MR) is 106 cm³/mol. The summed E-state index contributed by atoms with van der Waals surface area (Å²) in [5.74, 6) is 1.08. The Morgan fingerprint density at radius 3 is 2.85 bits per heavy atom. The van der Waals surface area contributed by atoms with Gasteiger partial charge in [0.05, 0.1) is 11.9 Å². The SMILES string of the molecule is CCCC[C@@H](CCO)Nc1nc(N)ncc1OCc1[nH]cc(C)c(=O)c1C. The molecule has 0 spiro atoms. The van der Waals surface area contributed by atoms with Crippen LogP contribution in [0.1, 0.15) is 49.4 Å². The molecule has 8 nitrogen and oxygen atoms in total. The second-order valence-electron chi connectivity index (χ2n) is 6.63. The normalized spacial score (nSPS) is 12.0. The molecule has 0 radical (unpaired) electrons. The van der Waals surface area contributed by atoms with Gasteiger partial charge in [0.1, 0.15) is 6.61 Å². The maximum Gasteiger partial charge on any atom is 0.222 e. The van der Waals surface area contributed by atoms with Gasteiger partial charge in [0.25, 0.3) is 0 Å². The Balaban J connectivity index is 2.17. The van der Waals surface area contributed by atoms with E-state index >= 15 is 0 Å². The average Bonchev–Trinajstić information content (AvgIpc) is 2.65. The molecule has 2 aromatic rings. The number of nitrogens with two attached hydrogens (primary N) is 1. The number of hydrogen-bond donors (Lipinski definition) is 4. The molecule has 2 rings (SSSR count). The van der Waals surface area contributed by atoms with Gasteiger partial charge in [-0.15, -0.1) is 0 Å². The summed E-state index contributed by atoms with van der Waals surface area (Å²) in [5, 5.41) is 12.6. The van der Waals surface area contributed by atoms with Crippen LogP contribution in [0, 0.1) is 13.8 Å². The monoisotopic (exact) mass is 375 g/mol. The number of aromatic nitrogens is 3. The summed E-state index contributed by atoms with van der Waals surface area (Å²) in [7, 11) is 0. The van der Waals surface area contributed by atoms with Gasteiger partial charge in [-0.25, -0.2) is 4.98 Å². The number of unbranched alkanes of at least 4 members (excludes halogenated alkanes) is 1. The molecule has 0 bridgehead atoms. The Morgan fingerprint density at radius 1 is 1.37 bits per heavy atom. The van der Waals surface area contributed by atoms with Gasteiger partial charge >= 0.3 is 0 Å². The van der Waals surface area contributed by atoms with E-state index in [9.17, 15) is 9.90 Å². The Labute approximate surface area is 159 Å². The molecule has 0 aromatic carbocycles. The number of pyridine rings is 1. The maximum absolute atomic E-state index is 12.1. The van der Waals surface area contributed by atoms with Crippen LogP contribution in [0.4, 0.5) is 11.8 Å². The van der Waals surface area contributed by atoms with Gasteiger partial charge in [0.2, 0.25) is 5.95 Å². The van der Waals surface area contributed by atoms with Crippen LogP contribution in [0.3, 0.4) is 0 Å². The van der Waals surface area contributed by atoms with Crippen molar-refractivity contribution in [1.82, 2.24) is 15.0 Å². The summed E-state index contributed by atoms with van der Waals surface area (Å²) in [6.07, 6.45) is 6.81. The van der Waals surface area contributed by atoms with Crippen molar-refractivity contribution in [3.8, 4) is 5.75 Å². The number of aromatic amines is 1. The lowest BCUT2D eigenvalue weighted by molar-refractivity contribution is 0.275. The van der Waals surface area contributed by atoms with Crippen LogP contribution >= 0.6 is 0 Å². The molecule has 5 N–H and O–H groups in total. The molecule has 148 valence electrons. The van der Waals surface area contributed by atoms with Crippen molar-refractivity contribution < 1.29 is 9.84 Å². The third kappa shape index (κ3) is 5.68. The van der Waals surface area contributed by atoms with E-state index in [0.29, 0.717) is 34.8 Å². The molecular formula is C19H29N5O3. The molecule has 0 amide bonds. The first kappa shape index (κ1) is 20.7. The number of anilines is 2. The maximum atomic E-state index is 12.1. The highest BCUT2D eigenvalue weighted by molar-refractivity contribution is 5.51. The van der Waals surface area contributed by atoms with Gasteiger partial charge in [-0.2, -0.15) is 4.98 Å². The van der Waals surface area contributed by atoms with Gasteiger partial charge in [0, 0.05) is 30.0 Å². The lowest BCUT2D eigenvalue weighted by Crippen LogP contribution is -2.22. The van der Waals surface area contributed by atoms with E-state index in [1.54, 1.807) is 20.0 Å². The molecule has 0 aliphatic heterocycles. The quantitative estimate of drug-likeness (QED) is 0.502. The molecule has 2 aromatic heterocycles. The molecule has 0 saturated heterocycles.